The van der Waals surface area contributed by atoms with Gasteiger partial charge in [-0.2, -0.15) is 0 Å². The number of quaternary nitrogens is 1. The number of carbonyl (C=O) groups is 1. The first-order chi connectivity index (χ1) is 17.1. The van der Waals surface area contributed by atoms with E-state index in [1.54, 1.807) is 12.1 Å². The smallest absolute Gasteiger partial charge is 0.411 e. The molecule has 1 saturated carbocycles. The van der Waals surface area contributed by atoms with Crippen LogP contribution < -0.4 is 27.4 Å². The van der Waals surface area contributed by atoms with E-state index in [4.69, 9.17) is 14.6 Å². The van der Waals surface area contributed by atoms with Crippen LogP contribution in [-0.2, 0) is 11.3 Å². The minimum absolute atomic E-state index is 0. The molecule has 1 amide bonds. The molecule has 36 heavy (non-hydrogen) atoms. The summed E-state index contributed by atoms with van der Waals surface area (Å²) in [6, 6.07) is 12.1. The topological polar surface area (TPSA) is 69.8 Å². The van der Waals surface area contributed by atoms with Gasteiger partial charge in [-0.15, -0.1) is 5.10 Å². The fourth-order valence-corrected chi connectivity index (χ4v) is 4.62. The number of rotatable bonds is 11. The van der Waals surface area contributed by atoms with Gasteiger partial charge in [0.2, 0.25) is 5.88 Å². The molecular formula is C27H36ClFN4O3. The van der Waals surface area contributed by atoms with Crippen molar-refractivity contribution in [3.8, 4) is 5.88 Å². The molecule has 2 aromatic carbocycles. The quantitative estimate of drug-likeness (QED) is 0.377. The van der Waals surface area contributed by atoms with Crippen molar-refractivity contribution in [1.29, 1.82) is 0 Å². The molecule has 1 aliphatic rings. The molecule has 196 valence electrons. The van der Waals surface area contributed by atoms with Gasteiger partial charge in [0.05, 0.1) is 43.7 Å². The third-order valence-corrected chi connectivity index (χ3v) is 6.70. The number of nitrogens with zero attached hydrogens (tertiary/aromatic N) is 2. The Bertz CT molecular complexity index is 1110. The Morgan fingerprint density at radius 3 is 2.56 bits per heavy atom. The van der Waals surface area contributed by atoms with Crippen LogP contribution in [0.15, 0.2) is 42.5 Å². The average Bonchev–Trinajstić information content (AvgIpc) is 3.48. The minimum atomic E-state index is -0.431. The van der Waals surface area contributed by atoms with Crippen LogP contribution in [0.4, 0.5) is 14.9 Å². The zero-order chi connectivity index (χ0) is 24.6. The van der Waals surface area contributed by atoms with E-state index in [2.05, 4.69) is 19.2 Å². The number of benzene rings is 2. The second kappa shape index (κ2) is 13.5. The standard InChI is InChI=1S/C27H35FN4O3.ClH/c1-3-31(4-2)16-7-17-34-26-24-18-22(29-27(33)35-23-8-5-6-9-23)14-15-25(24)32(30-26)19-20-10-12-21(28)13-11-20;/h10-15,18,23H,3-9,16-17,19H2,1-2H3,(H,29,33);1H. The highest BCUT2D eigenvalue weighted by Gasteiger charge is 2.20. The van der Waals surface area contributed by atoms with Gasteiger partial charge in [0, 0.05) is 12.1 Å². The van der Waals surface area contributed by atoms with E-state index >= 15 is 0 Å². The first-order valence-corrected chi connectivity index (χ1v) is 12.7. The number of anilines is 1. The first kappa shape index (κ1) is 27.7. The van der Waals surface area contributed by atoms with E-state index in [0.717, 1.165) is 68.2 Å². The maximum Gasteiger partial charge on any atom is 0.411 e. The third kappa shape index (κ3) is 7.34. The van der Waals surface area contributed by atoms with Crippen LogP contribution >= 0.6 is 0 Å². The summed E-state index contributed by atoms with van der Waals surface area (Å²) in [4.78, 5) is 13.9. The molecule has 3 aromatic rings. The van der Waals surface area contributed by atoms with Gasteiger partial charge in [0.25, 0.3) is 0 Å². The fraction of sp³-hybridized carbons (Fsp3) is 0.481. The second-order valence-electron chi connectivity index (χ2n) is 9.17. The second-order valence-corrected chi connectivity index (χ2v) is 9.17. The number of fused-ring (bicyclic) bond motifs is 1. The molecule has 1 fully saturated rings. The molecule has 0 bridgehead atoms. The molecule has 0 atom stereocenters. The zero-order valence-corrected chi connectivity index (χ0v) is 21.8. The molecule has 7 nitrogen and oxygen atoms in total. The van der Waals surface area contributed by atoms with Crippen molar-refractivity contribution < 1.29 is 36.0 Å². The summed E-state index contributed by atoms with van der Waals surface area (Å²) in [5.41, 5.74) is 2.46. The van der Waals surface area contributed by atoms with Gasteiger partial charge in [0.1, 0.15) is 11.9 Å². The van der Waals surface area contributed by atoms with E-state index in [0.29, 0.717) is 24.7 Å². The number of ether oxygens (including phenoxy) is 2. The molecule has 9 heteroatoms. The summed E-state index contributed by atoms with van der Waals surface area (Å²) in [5.74, 6) is 0.267. The molecule has 1 heterocycles. The maximum absolute atomic E-state index is 13.4. The summed E-state index contributed by atoms with van der Waals surface area (Å²) < 4.78 is 26.9. The number of carbonyl (C=O) groups excluding carboxylic acids is 1. The Morgan fingerprint density at radius 2 is 1.86 bits per heavy atom. The number of nitrogens with one attached hydrogen (secondary N) is 2. The highest BCUT2D eigenvalue weighted by molar-refractivity contribution is 5.92. The highest BCUT2D eigenvalue weighted by Crippen LogP contribution is 2.29. The predicted octanol–water partition coefficient (Wildman–Crippen LogP) is 1.41. The van der Waals surface area contributed by atoms with Gasteiger partial charge >= 0.3 is 6.09 Å². The molecule has 0 radical (unpaired) electrons. The largest absolute Gasteiger partial charge is 1.00 e. The van der Waals surface area contributed by atoms with Crippen molar-refractivity contribution in [3.63, 3.8) is 0 Å². The van der Waals surface area contributed by atoms with E-state index in [1.165, 1.54) is 17.0 Å². The van der Waals surface area contributed by atoms with E-state index in [9.17, 15) is 9.18 Å². The molecule has 4 rings (SSSR count). The van der Waals surface area contributed by atoms with Crippen LogP contribution in [0.5, 0.6) is 5.88 Å². The summed E-state index contributed by atoms with van der Waals surface area (Å²) in [5, 5.41) is 8.39. The predicted molar refractivity (Wildman–Crippen MR) is 135 cm³/mol. The van der Waals surface area contributed by atoms with E-state index < -0.39 is 6.09 Å². The van der Waals surface area contributed by atoms with Gasteiger partial charge in [-0.25, -0.2) is 9.18 Å². The summed E-state index contributed by atoms with van der Waals surface area (Å²) in [6.45, 7) is 8.66. The number of hydrogen-bond donors (Lipinski definition) is 2. The minimum Gasteiger partial charge on any atom is -1.00 e. The van der Waals surface area contributed by atoms with Crippen LogP contribution in [0.2, 0.25) is 0 Å². The van der Waals surface area contributed by atoms with Gasteiger partial charge in [-0.3, -0.25) is 10.00 Å². The number of aromatic nitrogens is 2. The van der Waals surface area contributed by atoms with Crippen molar-refractivity contribution in [2.45, 2.75) is 58.6 Å². The van der Waals surface area contributed by atoms with Crippen molar-refractivity contribution in [3.05, 3.63) is 53.8 Å². The lowest BCUT2D eigenvalue weighted by atomic mass is 10.2. The molecule has 0 spiro atoms. The van der Waals surface area contributed by atoms with Gasteiger partial charge in [-0.05, 0) is 75.4 Å². The van der Waals surface area contributed by atoms with E-state index in [1.807, 2.05) is 22.9 Å². The van der Waals surface area contributed by atoms with Crippen molar-refractivity contribution in [2.75, 3.05) is 31.6 Å². The van der Waals surface area contributed by atoms with Crippen LogP contribution in [0, 0.1) is 5.82 Å². The first-order valence-electron chi connectivity index (χ1n) is 12.7. The number of halogens is 2. The normalized spacial score (nSPS) is 13.7. The molecule has 1 aromatic heterocycles. The lowest BCUT2D eigenvalue weighted by Gasteiger charge is -2.14. The van der Waals surface area contributed by atoms with Crippen molar-refractivity contribution in [1.82, 2.24) is 9.78 Å². The fourth-order valence-electron chi connectivity index (χ4n) is 4.62. The highest BCUT2D eigenvalue weighted by atomic mass is 35.5. The molecule has 0 aliphatic heterocycles. The number of amides is 1. The third-order valence-electron chi connectivity index (χ3n) is 6.70. The SMILES string of the molecule is CC[NH+](CC)CCCOc1nn(Cc2ccc(F)cc2)c2ccc(NC(=O)OC3CCCC3)cc12.[Cl-]. The Balaban J connectivity index is 0.00000361. The lowest BCUT2D eigenvalue weighted by Crippen LogP contribution is -3.11. The van der Waals surface area contributed by atoms with Crippen LogP contribution in [0.1, 0.15) is 51.5 Å². The Labute approximate surface area is 218 Å². The Hall–Kier alpha value is -2.84. The average molecular weight is 519 g/mol. The lowest BCUT2D eigenvalue weighted by molar-refractivity contribution is -0.896. The molecular weight excluding hydrogens is 483 g/mol. The van der Waals surface area contributed by atoms with Crippen molar-refractivity contribution >= 4 is 22.7 Å². The molecule has 1 aliphatic carbocycles. The summed E-state index contributed by atoms with van der Waals surface area (Å²) >= 11 is 0. The molecule has 0 unspecified atom stereocenters. The summed E-state index contributed by atoms with van der Waals surface area (Å²) in [6.07, 6.45) is 4.56. The maximum atomic E-state index is 13.4. The van der Waals surface area contributed by atoms with Crippen molar-refractivity contribution in [2.24, 2.45) is 0 Å². The number of hydrogen-bond acceptors (Lipinski definition) is 4. The van der Waals surface area contributed by atoms with Crippen LogP contribution in [0.25, 0.3) is 10.9 Å². The Kier molecular flexibility index (Phi) is 10.4. The van der Waals surface area contributed by atoms with Gasteiger partial charge in [-0.1, -0.05) is 12.1 Å². The van der Waals surface area contributed by atoms with Gasteiger partial charge in [0.15, 0.2) is 0 Å². The van der Waals surface area contributed by atoms with Crippen LogP contribution in [0.3, 0.4) is 0 Å². The van der Waals surface area contributed by atoms with Crippen LogP contribution in [-0.4, -0.2) is 48.2 Å². The zero-order valence-electron chi connectivity index (χ0n) is 21.1. The monoisotopic (exact) mass is 518 g/mol. The van der Waals surface area contributed by atoms with E-state index in [-0.39, 0.29) is 24.3 Å². The Morgan fingerprint density at radius 1 is 1.14 bits per heavy atom. The molecule has 2 N–H and O–H groups in total. The summed E-state index contributed by atoms with van der Waals surface area (Å²) in [7, 11) is 0. The van der Waals surface area contributed by atoms with Gasteiger partial charge < -0.3 is 26.8 Å². The molecule has 0 saturated heterocycles.